The highest BCUT2D eigenvalue weighted by molar-refractivity contribution is 5.78. The van der Waals surface area contributed by atoms with Crippen LogP contribution in [0, 0.1) is 5.92 Å². The van der Waals surface area contributed by atoms with Crippen molar-refractivity contribution < 1.29 is 42.2 Å². The summed E-state index contributed by atoms with van der Waals surface area (Å²) >= 11 is 0. The average Bonchev–Trinajstić information content (AvgIpc) is 3.28. The normalized spacial score (nSPS) is 25.6. The van der Waals surface area contributed by atoms with Crippen molar-refractivity contribution in [2.24, 2.45) is 5.92 Å². The minimum absolute atomic E-state index is 0.0503. The standard InChI is InChI=1S/C20H28N2O4.C2HF3O2/c1-24-17-6-4-15(5-7-17)13-21-14-16(12-19-18(21)8-11-25-19)20(23)22-9-2-3-10-26-22;3-2(4,5)1(6)7/h4-7,16,18-19H,2-3,8-14H2,1H3;(H,6,7)/t16-,18+,19+;/m0./s1. The van der Waals surface area contributed by atoms with Crippen LogP contribution in [0.1, 0.15) is 31.2 Å². The lowest BCUT2D eigenvalue weighted by Crippen LogP contribution is -2.53. The topological polar surface area (TPSA) is 88.5 Å². The molecule has 3 aliphatic rings. The number of carboxylic acid groups (broad SMARTS) is 1. The number of alkyl halides is 3. The van der Waals surface area contributed by atoms with Crippen molar-refractivity contribution in [3.63, 3.8) is 0 Å². The van der Waals surface area contributed by atoms with Gasteiger partial charge in [-0.2, -0.15) is 13.2 Å². The van der Waals surface area contributed by atoms with Crippen molar-refractivity contribution in [2.75, 3.05) is 33.4 Å². The Morgan fingerprint density at radius 1 is 1.18 bits per heavy atom. The number of hydrogen-bond acceptors (Lipinski definition) is 6. The van der Waals surface area contributed by atoms with E-state index in [1.807, 2.05) is 12.1 Å². The molecule has 1 N–H and O–H groups in total. The molecule has 3 aliphatic heterocycles. The highest BCUT2D eigenvalue weighted by Crippen LogP contribution is 2.33. The van der Waals surface area contributed by atoms with Gasteiger partial charge in [0.2, 0.25) is 0 Å². The van der Waals surface area contributed by atoms with Gasteiger partial charge in [0.1, 0.15) is 5.75 Å². The molecule has 184 valence electrons. The number of carbonyl (C=O) groups is 2. The van der Waals surface area contributed by atoms with Gasteiger partial charge in [0.25, 0.3) is 5.91 Å². The Morgan fingerprint density at radius 2 is 1.88 bits per heavy atom. The summed E-state index contributed by atoms with van der Waals surface area (Å²) in [5.41, 5.74) is 1.23. The highest BCUT2D eigenvalue weighted by atomic mass is 19.4. The second-order valence-electron chi connectivity index (χ2n) is 8.26. The molecule has 1 aromatic carbocycles. The lowest BCUT2D eigenvalue weighted by molar-refractivity contribution is -0.204. The summed E-state index contributed by atoms with van der Waals surface area (Å²) in [5, 5.41) is 8.72. The van der Waals surface area contributed by atoms with Gasteiger partial charge in [-0.25, -0.2) is 9.86 Å². The number of piperidine rings is 1. The van der Waals surface area contributed by atoms with Crippen LogP contribution in [0.5, 0.6) is 5.75 Å². The smallest absolute Gasteiger partial charge is 0.490 e. The van der Waals surface area contributed by atoms with E-state index in [0.717, 1.165) is 51.1 Å². The zero-order valence-corrected chi connectivity index (χ0v) is 18.4. The van der Waals surface area contributed by atoms with Crippen LogP contribution in [0.3, 0.4) is 0 Å². The first-order valence-corrected chi connectivity index (χ1v) is 10.9. The van der Waals surface area contributed by atoms with Gasteiger partial charge in [-0.05, 0) is 43.4 Å². The van der Waals surface area contributed by atoms with Gasteiger partial charge in [0.05, 0.1) is 25.7 Å². The van der Waals surface area contributed by atoms with Gasteiger partial charge >= 0.3 is 12.1 Å². The minimum atomic E-state index is -5.08. The number of benzene rings is 1. The number of aliphatic carboxylic acids is 1. The first-order valence-electron chi connectivity index (χ1n) is 10.9. The molecule has 0 aromatic heterocycles. The first-order chi connectivity index (χ1) is 15.7. The fraction of sp³-hybridized carbons (Fsp3) is 0.636. The number of fused-ring (bicyclic) bond motifs is 1. The van der Waals surface area contributed by atoms with E-state index in [9.17, 15) is 18.0 Å². The molecule has 3 saturated heterocycles. The summed E-state index contributed by atoms with van der Waals surface area (Å²) < 4.78 is 42.9. The number of halogens is 3. The van der Waals surface area contributed by atoms with Gasteiger partial charge in [-0.1, -0.05) is 12.1 Å². The fourth-order valence-electron chi connectivity index (χ4n) is 4.35. The monoisotopic (exact) mass is 474 g/mol. The number of methoxy groups -OCH3 is 1. The van der Waals surface area contributed by atoms with E-state index in [2.05, 4.69) is 17.0 Å². The van der Waals surface area contributed by atoms with Crippen molar-refractivity contribution in [2.45, 2.75) is 50.6 Å². The Labute approximate surface area is 190 Å². The zero-order valence-electron chi connectivity index (χ0n) is 18.4. The average molecular weight is 474 g/mol. The Hall–Kier alpha value is -2.37. The SMILES string of the molecule is COc1ccc(CN2C[C@@H](C(=O)N3CCCCO3)C[C@H]3OCC[C@H]32)cc1.O=C(O)C(F)(F)F. The summed E-state index contributed by atoms with van der Waals surface area (Å²) in [6.45, 7) is 3.75. The van der Waals surface area contributed by atoms with E-state index in [1.54, 1.807) is 12.2 Å². The molecule has 3 atom stereocenters. The summed E-state index contributed by atoms with van der Waals surface area (Å²) in [6.07, 6.45) is -1.02. The number of ether oxygens (including phenoxy) is 2. The van der Waals surface area contributed by atoms with E-state index >= 15 is 0 Å². The van der Waals surface area contributed by atoms with E-state index in [-0.39, 0.29) is 17.9 Å². The number of carbonyl (C=O) groups excluding carboxylic acids is 1. The van der Waals surface area contributed by atoms with Crippen LogP contribution in [0.4, 0.5) is 13.2 Å². The molecule has 33 heavy (non-hydrogen) atoms. The van der Waals surface area contributed by atoms with Crippen LogP contribution >= 0.6 is 0 Å². The maximum Gasteiger partial charge on any atom is 0.490 e. The lowest BCUT2D eigenvalue weighted by atomic mass is 9.89. The highest BCUT2D eigenvalue weighted by Gasteiger charge is 2.43. The molecule has 3 heterocycles. The maximum absolute atomic E-state index is 12.9. The maximum atomic E-state index is 12.9. The van der Waals surface area contributed by atoms with Crippen molar-refractivity contribution in [1.29, 1.82) is 0 Å². The molecule has 4 rings (SSSR count). The summed E-state index contributed by atoms with van der Waals surface area (Å²) in [7, 11) is 1.68. The predicted molar refractivity (Wildman–Crippen MR) is 110 cm³/mol. The number of amides is 1. The van der Waals surface area contributed by atoms with Crippen molar-refractivity contribution in [3.8, 4) is 5.75 Å². The Kier molecular flexibility index (Phi) is 8.55. The van der Waals surface area contributed by atoms with Crippen molar-refractivity contribution in [1.82, 2.24) is 9.96 Å². The summed E-state index contributed by atoms with van der Waals surface area (Å²) in [5.74, 6) is -1.82. The van der Waals surface area contributed by atoms with Crippen LogP contribution < -0.4 is 4.74 Å². The van der Waals surface area contributed by atoms with Crippen LogP contribution in [-0.4, -0.2) is 78.7 Å². The third-order valence-electron chi connectivity index (χ3n) is 6.00. The van der Waals surface area contributed by atoms with Gasteiger partial charge in [-0.3, -0.25) is 14.5 Å². The number of hydroxylamine groups is 2. The molecule has 3 fully saturated rings. The molecule has 0 saturated carbocycles. The van der Waals surface area contributed by atoms with Crippen molar-refractivity contribution in [3.05, 3.63) is 29.8 Å². The lowest BCUT2D eigenvalue weighted by Gasteiger charge is -2.41. The number of hydrogen-bond donors (Lipinski definition) is 1. The van der Waals surface area contributed by atoms with Crippen LogP contribution in [0.25, 0.3) is 0 Å². The van der Waals surface area contributed by atoms with Gasteiger partial charge in [0.15, 0.2) is 0 Å². The Morgan fingerprint density at radius 3 is 2.45 bits per heavy atom. The zero-order chi connectivity index (χ0) is 24.0. The van der Waals surface area contributed by atoms with Gasteiger partial charge < -0.3 is 14.6 Å². The molecule has 11 heteroatoms. The Balaban J connectivity index is 0.000000383. The number of likely N-dealkylation sites (tertiary alicyclic amines) is 1. The molecule has 1 aromatic rings. The van der Waals surface area contributed by atoms with Crippen LogP contribution in [0.2, 0.25) is 0 Å². The molecule has 0 radical (unpaired) electrons. The van der Waals surface area contributed by atoms with Crippen LogP contribution in [0.15, 0.2) is 24.3 Å². The first kappa shape index (κ1) is 25.3. The van der Waals surface area contributed by atoms with E-state index in [4.69, 9.17) is 24.2 Å². The Bertz CT molecular complexity index is 798. The molecule has 1 amide bonds. The second kappa shape index (κ2) is 11.2. The summed E-state index contributed by atoms with van der Waals surface area (Å²) in [4.78, 5) is 29.8. The number of nitrogens with zero attached hydrogens (tertiary/aromatic N) is 2. The number of carboxylic acids is 1. The third-order valence-corrected chi connectivity index (χ3v) is 6.00. The summed E-state index contributed by atoms with van der Waals surface area (Å²) in [6, 6.07) is 8.59. The minimum Gasteiger partial charge on any atom is -0.497 e. The molecule has 0 bridgehead atoms. The van der Waals surface area contributed by atoms with E-state index in [1.165, 1.54) is 5.56 Å². The second-order valence-corrected chi connectivity index (χ2v) is 8.26. The van der Waals surface area contributed by atoms with Crippen LogP contribution in [-0.2, 0) is 25.7 Å². The fourth-order valence-corrected chi connectivity index (χ4v) is 4.35. The molecule has 0 spiro atoms. The molecule has 0 aliphatic carbocycles. The van der Waals surface area contributed by atoms with Gasteiger partial charge in [-0.15, -0.1) is 0 Å². The van der Waals surface area contributed by atoms with E-state index in [0.29, 0.717) is 19.2 Å². The molecule has 8 nitrogen and oxygen atoms in total. The third kappa shape index (κ3) is 6.81. The predicted octanol–water partition coefficient (Wildman–Crippen LogP) is 2.86. The van der Waals surface area contributed by atoms with Crippen molar-refractivity contribution >= 4 is 11.9 Å². The molecular weight excluding hydrogens is 445 g/mol. The molecule has 0 unspecified atom stereocenters. The largest absolute Gasteiger partial charge is 0.497 e. The molecular formula is C22H29F3N2O6. The van der Waals surface area contributed by atoms with E-state index < -0.39 is 12.1 Å². The number of rotatable bonds is 4. The quantitative estimate of drug-likeness (QED) is 0.718. The van der Waals surface area contributed by atoms with Gasteiger partial charge in [0, 0.05) is 32.3 Å².